The SMILES string of the molecule is O=Nc1ccc(F)cc1O[C@@H]1CO[C@@H]2C(O)CO[C@@H]21. The van der Waals surface area contributed by atoms with Crippen LogP contribution in [0.2, 0.25) is 0 Å². The molecule has 2 aliphatic rings. The maximum Gasteiger partial charge on any atom is 0.152 e. The van der Waals surface area contributed by atoms with Gasteiger partial charge < -0.3 is 19.3 Å². The fourth-order valence-electron chi connectivity index (χ4n) is 2.37. The Morgan fingerprint density at radius 1 is 1.32 bits per heavy atom. The third kappa shape index (κ3) is 2.20. The molecule has 0 radical (unpaired) electrons. The first-order valence-corrected chi connectivity index (χ1v) is 5.90. The summed E-state index contributed by atoms with van der Waals surface area (Å²) in [5, 5.41) is 12.4. The van der Waals surface area contributed by atoms with Crippen molar-refractivity contribution in [2.24, 2.45) is 5.18 Å². The summed E-state index contributed by atoms with van der Waals surface area (Å²) in [5.41, 5.74) is 0.0170. The summed E-state index contributed by atoms with van der Waals surface area (Å²) in [6, 6.07) is 3.47. The second-order valence-electron chi connectivity index (χ2n) is 4.52. The standard InChI is InChI=1S/C12H12FNO5/c13-6-1-2-7(14-16)9(3-6)19-10-5-18-11-8(15)4-17-12(10)11/h1-3,8,10-12,15H,4-5H2/t8?,10-,11-,12-/m1/s1. The van der Waals surface area contributed by atoms with Gasteiger partial charge in [-0.05, 0) is 17.3 Å². The highest BCUT2D eigenvalue weighted by Gasteiger charge is 2.48. The molecule has 7 heteroatoms. The number of nitrogens with zero attached hydrogens (tertiary/aromatic N) is 1. The Morgan fingerprint density at radius 2 is 2.11 bits per heavy atom. The molecule has 1 aromatic rings. The molecule has 0 aromatic heterocycles. The van der Waals surface area contributed by atoms with Crippen molar-refractivity contribution in [1.29, 1.82) is 0 Å². The van der Waals surface area contributed by atoms with Crippen LogP contribution in [0.15, 0.2) is 23.4 Å². The minimum atomic E-state index is -0.685. The Hall–Kier alpha value is -1.57. The monoisotopic (exact) mass is 269 g/mol. The molecule has 6 nitrogen and oxygen atoms in total. The van der Waals surface area contributed by atoms with Gasteiger partial charge in [-0.15, -0.1) is 4.91 Å². The molecule has 0 spiro atoms. The number of aliphatic hydroxyl groups is 1. The molecule has 2 fully saturated rings. The molecule has 2 saturated heterocycles. The van der Waals surface area contributed by atoms with Crippen LogP contribution in [0.1, 0.15) is 0 Å². The molecule has 1 N–H and O–H groups in total. The summed E-state index contributed by atoms with van der Waals surface area (Å²) in [6.45, 7) is 0.387. The number of halogens is 1. The minimum Gasteiger partial charge on any atom is -0.483 e. The first-order chi connectivity index (χ1) is 9.19. The highest BCUT2D eigenvalue weighted by atomic mass is 19.1. The Balaban J connectivity index is 1.79. The fraction of sp³-hybridized carbons (Fsp3) is 0.500. The molecular formula is C12H12FNO5. The fourth-order valence-corrected chi connectivity index (χ4v) is 2.37. The maximum atomic E-state index is 13.2. The largest absolute Gasteiger partial charge is 0.483 e. The lowest BCUT2D eigenvalue weighted by molar-refractivity contribution is 0.00868. The van der Waals surface area contributed by atoms with E-state index < -0.39 is 30.2 Å². The lowest BCUT2D eigenvalue weighted by Gasteiger charge is -2.18. The van der Waals surface area contributed by atoms with E-state index in [1.54, 1.807) is 0 Å². The molecule has 0 bridgehead atoms. The van der Waals surface area contributed by atoms with Gasteiger partial charge in [0.25, 0.3) is 0 Å². The number of benzene rings is 1. The van der Waals surface area contributed by atoms with Crippen molar-refractivity contribution in [2.45, 2.75) is 24.4 Å². The van der Waals surface area contributed by atoms with Crippen molar-refractivity contribution in [3.8, 4) is 5.75 Å². The molecule has 0 saturated carbocycles. The molecular weight excluding hydrogens is 257 g/mol. The van der Waals surface area contributed by atoms with Crippen molar-refractivity contribution in [1.82, 2.24) is 0 Å². The van der Waals surface area contributed by atoms with E-state index in [9.17, 15) is 14.4 Å². The van der Waals surface area contributed by atoms with Crippen LogP contribution < -0.4 is 4.74 Å². The molecule has 0 amide bonds. The van der Waals surface area contributed by atoms with Crippen LogP contribution in [0, 0.1) is 10.7 Å². The quantitative estimate of drug-likeness (QED) is 0.832. The highest BCUT2D eigenvalue weighted by molar-refractivity contribution is 5.51. The van der Waals surface area contributed by atoms with Crippen LogP contribution in [0.4, 0.5) is 10.1 Å². The number of hydrogen-bond acceptors (Lipinski definition) is 6. The third-order valence-corrected chi connectivity index (χ3v) is 3.28. The van der Waals surface area contributed by atoms with E-state index in [0.29, 0.717) is 0 Å². The Morgan fingerprint density at radius 3 is 2.89 bits per heavy atom. The van der Waals surface area contributed by atoms with Crippen molar-refractivity contribution in [2.75, 3.05) is 13.2 Å². The Kier molecular flexibility index (Phi) is 3.17. The Labute approximate surface area is 108 Å². The van der Waals surface area contributed by atoms with Gasteiger partial charge in [-0.1, -0.05) is 0 Å². The van der Waals surface area contributed by atoms with Crippen molar-refractivity contribution < 1.29 is 23.7 Å². The van der Waals surface area contributed by atoms with E-state index in [-0.39, 0.29) is 24.7 Å². The third-order valence-electron chi connectivity index (χ3n) is 3.28. The van der Waals surface area contributed by atoms with Gasteiger partial charge in [0.05, 0.1) is 13.2 Å². The predicted molar refractivity (Wildman–Crippen MR) is 61.8 cm³/mol. The number of hydrogen-bond donors (Lipinski definition) is 1. The van der Waals surface area contributed by atoms with Crippen LogP contribution in [-0.2, 0) is 9.47 Å². The first kappa shape index (κ1) is 12.5. The molecule has 19 heavy (non-hydrogen) atoms. The topological polar surface area (TPSA) is 77.4 Å². The van der Waals surface area contributed by atoms with E-state index in [1.165, 1.54) is 6.07 Å². The van der Waals surface area contributed by atoms with Gasteiger partial charge in [0, 0.05) is 6.07 Å². The molecule has 4 atom stereocenters. The van der Waals surface area contributed by atoms with Crippen molar-refractivity contribution in [3.63, 3.8) is 0 Å². The molecule has 2 aliphatic heterocycles. The van der Waals surface area contributed by atoms with Crippen LogP contribution in [-0.4, -0.2) is 42.7 Å². The molecule has 3 rings (SSSR count). The van der Waals surface area contributed by atoms with E-state index in [0.717, 1.165) is 12.1 Å². The zero-order valence-electron chi connectivity index (χ0n) is 9.86. The zero-order chi connectivity index (χ0) is 13.4. The highest BCUT2D eigenvalue weighted by Crippen LogP contribution is 2.34. The molecule has 1 unspecified atom stereocenters. The van der Waals surface area contributed by atoms with Gasteiger partial charge in [0.1, 0.15) is 29.8 Å². The van der Waals surface area contributed by atoms with Crippen LogP contribution in [0.5, 0.6) is 5.75 Å². The van der Waals surface area contributed by atoms with Crippen molar-refractivity contribution in [3.05, 3.63) is 28.9 Å². The van der Waals surface area contributed by atoms with Crippen molar-refractivity contribution >= 4 is 5.69 Å². The number of rotatable bonds is 3. The van der Waals surface area contributed by atoms with E-state index >= 15 is 0 Å². The van der Waals surface area contributed by atoms with E-state index in [1.807, 2.05) is 0 Å². The maximum absolute atomic E-state index is 13.2. The van der Waals surface area contributed by atoms with Gasteiger partial charge in [-0.3, -0.25) is 0 Å². The zero-order valence-corrected chi connectivity index (χ0v) is 9.86. The van der Waals surface area contributed by atoms with Crippen LogP contribution in [0.25, 0.3) is 0 Å². The lowest BCUT2D eigenvalue weighted by Crippen LogP contribution is -2.34. The second-order valence-corrected chi connectivity index (χ2v) is 4.52. The van der Waals surface area contributed by atoms with Gasteiger partial charge in [-0.25, -0.2) is 4.39 Å². The summed E-state index contributed by atoms with van der Waals surface area (Å²) < 4.78 is 29.5. The molecule has 1 aromatic carbocycles. The van der Waals surface area contributed by atoms with Gasteiger partial charge in [0.15, 0.2) is 11.9 Å². The predicted octanol–water partition coefficient (Wildman–Crippen LogP) is 1.13. The normalized spacial score (nSPS) is 33.2. The average molecular weight is 269 g/mol. The van der Waals surface area contributed by atoms with Crippen LogP contribution >= 0.6 is 0 Å². The second kappa shape index (κ2) is 4.84. The number of ether oxygens (including phenoxy) is 3. The number of nitroso groups, excluding NO2 is 1. The first-order valence-electron chi connectivity index (χ1n) is 5.90. The smallest absolute Gasteiger partial charge is 0.152 e. The summed E-state index contributed by atoms with van der Waals surface area (Å²) in [6.07, 6.45) is -2.04. The van der Waals surface area contributed by atoms with E-state index in [4.69, 9.17) is 14.2 Å². The van der Waals surface area contributed by atoms with Gasteiger partial charge >= 0.3 is 0 Å². The van der Waals surface area contributed by atoms with Gasteiger partial charge in [0.2, 0.25) is 0 Å². The van der Waals surface area contributed by atoms with Gasteiger partial charge in [-0.2, -0.15) is 0 Å². The van der Waals surface area contributed by atoms with Crippen LogP contribution in [0.3, 0.4) is 0 Å². The molecule has 2 heterocycles. The summed E-state index contributed by atoms with van der Waals surface area (Å²) in [7, 11) is 0. The molecule has 0 aliphatic carbocycles. The minimum absolute atomic E-state index is 0.0170. The summed E-state index contributed by atoms with van der Waals surface area (Å²) >= 11 is 0. The lowest BCUT2D eigenvalue weighted by atomic mass is 10.1. The number of aliphatic hydroxyl groups excluding tert-OH is 1. The molecule has 102 valence electrons. The van der Waals surface area contributed by atoms with E-state index in [2.05, 4.69) is 5.18 Å². The summed E-state index contributed by atoms with van der Waals surface area (Å²) in [5.74, 6) is -0.473. The Bertz CT molecular complexity index is 497. The number of fused-ring (bicyclic) bond motifs is 1. The summed E-state index contributed by atoms with van der Waals surface area (Å²) in [4.78, 5) is 10.6. The average Bonchev–Trinajstić information content (AvgIpc) is 2.95.